The first-order valence-electron chi connectivity index (χ1n) is 6.44. The van der Waals surface area contributed by atoms with Crippen molar-refractivity contribution in [3.63, 3.8) is 0 Å². The zero-order valence-electron chi connectivity index (χ0n) is 10.3. The van der Waals surface area contributed by atoms with Crippen molar-refractivity contribution in [1.82, 2.24) is 20.2 Å². The van der Waals surface area contributed by atoms with Gasteiger partial charge in [0.05, 0.1) is 0 Å². The molecule has 1 fully saturated rings. The van der Waals surface area contributed by atoms with Crippen molar-refractivity contribution in [3.05, 3.63) is 29.7 Å². The zero-order chi connectivity index (χ0) is 12.4. The Kier molecular flexibility index (Phi) is 3.06. The van der Waals surface area contributed by atoms with Gasteiger partial charge in [-0.05, 0) is 24.5 Å². The van der Waals surface area contributed by atoms with Gasteiger partial charge in [0.15, 0.2) is 5.82 Å². The van der Waals surface area contributed by atoms with Crippen LogP contribution in [0.25, 0.3) is 11.5 Å². The quantitative estimate of drug-likeness (QED) is 0.863. The van der Waals surface area contributed by atoms with E-state index in [0.717, 1.165) is 17.1 Å². The van der Waals surface area contributed by atoms with Crippen LogP contribution in [-0.4, -0.2) is 20.2 Å². The molecule has 1 aliphatic rings. The van der Waals surface area contributed by atoms with Gasteiger partial charge in [0.25, 0.3) is 0 Å². The Bertz CT molecular complexity index is 510. The fraction of sp³-hybridized carbons (Fsp3) is 0.462. The Morgan fingerprint density at radius 3 is 2.78 bits per heavy atom. The molecule has 94 valence electrons. The van der Waals surface area contributed by atoms with Crippen LogP contribution in [0.2, 0.25) is 0 Å². The summed E-state index contributed by atoms with van der Waals surface area (Å²) in [6.07, 6.45) is 6.80. The molecular formula is C13H17N5. The maximum absolute atomic E-state index is 5.55. The van der Waals surface area contributed by atoms with Gasteiger partial charge in [-0.3, -0.25) is 10.1 Å². The minimum atomic E-state index is 0.509. The average molecular weight is 243 g/mol. The number of nitrogens with one attached hydrogen (secondary N) is 1. The SMILES string of the molecule is NCc1ccc(-c2n[nH]c(C3CCCC3)n2)nc1. The number of hydrogen-bond donors (Lipinski definition) is 2. The number of aromatic nitrogens is 4. The Morgan fingerprint density at radius 2 is 2.11 bits per heavy atom. The number of rotatable bonds is 3. The van der Waals surface area contributed by atoms with Crippen LogP contribution in [0.5, 0.6) is 0 Å². The third kappa shape index (κ3) is 2.13. The molecule has 2 heterocycles. The molecule has 1 aliphatic carbocycles. The molecule has 2 aromatic rings. The van der Waals surface area contributed by atoms with E-state index in [9.17, 15) is 0 Å². The van der Waals surface area contributed by atoms with Crippen LogP contribution < -0.4 is 5.73 Å². The standard InChI is InChI=1S/C13H17N5/c14-7-9-5-6-11(15-8-9)13-16-12(17-18-13)10-3-1-2-4-10/h5-6,8,10H,1-4,7,14H2,(H,16,17,18). The first-order chi connectivity index (χ1) is 8.86. The fourth-order valence-corrected chi connectivity index (χ4v) is 2.45. The summed E-state index contributed by atoms with van der Waals surface area (Å²) in [5, 5.41) is 7.31. The Labute approximate surface area is 106 Å². The molecule has 1 saturated carbocycles. The van der Waals surface area contributed by atoms with Crippen LogP contribution in [0.3, 0.4) is 0 Å². The number of pyridine rings is 1. The highest BCUT2D eigenvalue weighted by Gasteiger charge is 2.21. The number of aromatic amines is 1. The van der Waals surface area contributed by atoms with Crippen molar-refractivity contribution in [2.45, 2.75) is 38.1 Å². The van der Waals surface area contributed by atoms with E-state index in [1.807, 2.05) is 12.1 Å². The van der Waals surface area contributed by atoms with E-state index in [1.54, 1.807) is 6.20 Å². The number of nitrogens with two attached hydrogens (primary N) is 1. The summed E-state index contributed by atoms with van der Waals surface area (Å²) >= 11 is 0. The molecule has 0 unspecified atom stereocenters. The average Bonchev–Trinajstić information content (AvgIpc) is 3.09. The van der Waals surface area contributed by atoms with Crippen LogP contribution in [-0.2, 0) is 6.54 Å². The lowest BCUT2D eigenvalue weighted by molar-refractivity contribution is 0.672. The highest BCUT2D eigenvalue weighted by atomic mass is 15.2. The summed E-state index contributed by atoms with van der Waals surface area (Å²) in [6.45, 7) is 0.509. The van der Waals surface area contributed by atoms with Gasteiger partial charge in [-0.1, -0.05) is 18.9 Å². The van der Waals surface area contributed by atoms with Crippen molar-refractivity contribution in [2.24, 2.45) is 5.73 Å². The monoisotopic (exact) mass is 243 g/mol. The molecule has 5 nitrogen and oxygen atoms in total. The van der Waals surface area contributed by atoms with Crippen LogP contribution in [0.4, 0.5) is 0 Å². The summed E-state index contributed by atoms with van der Waals surface area (Å²) in [6, 6.07) is 3.89. The van der Waals surface area contributed by atoms with E-state index in [1.165, 1.54) is 25.7 Å². The van der Waals surface area contributed by atoms with E-state index in [4.69, 9.17) is 5.73 Å². The molecule has 3 N–H and O–H groups in total. The summed E-state index contributed by atoms with van der Waals surface area (Å²) in [7, 11) is 0. The molecule has 2 aromatic heterocycles. The Balaban J connectivity index is 1.82. The number of hydrogen-bond acceptors (Lipinski definition) is 4. The lowest BCUT2D eigenvalue weighted by atomic mass is 10.1. The molecule has 0 bridgehead atoms. The van der Waals surface area contributed by atoms with Gasteiger partial charge in [-0.25, -0.2) is 4.98 Å². The molecule has 0 aromatic carbocycles. The first kappa shape index (κ1) is 11.3. The molecular weight excluding hydrogens is 226 g/mol. The first-order valence-corrected chi connectivity index (χ1v) is 6.44. The smallest absolute Gasteiger partial charge is 0.199 e. The molecule has 0 saturated heterocycles. The van der Waals surface area contributed by atoms with Gasteiger partial charge in [0.1, 0.15) is 11.5 Å². The van der Waals surface area contributed by atoms with Crippen LogP contribution in [0.15, 0.2) is 18.3 Å². The van der Waals surface area contributed by atoms with Gasteiger partial charge in [-0.15, -0.1) is 0 Å². The topological polar surface area (TPSA) is 80.5 Å². The van der Waals surface area contributed by atoms with Crippen molar-refractivity contribution < 1.29 is 0 Å². The number of nitrogens with zero attached hydrogens (tertiary/aromatic N) is 3. The maximum Gasteiger partial charge on any atom is 0.199 e. The summed E-state index contributed by atoms with van der Waals surface area (Å²) in [4.78, 5) is 8.89. The third-order valence-electron chi connectivity index (χ3n) is 3.53. The summed E-state index contributed by atoms with van der Waals surface area (Å²) in [5.74, 6) is 2.24. The second-order valence-corrected chi connectivity index (χ2v) is 4.78. The van der Waals surface area contributed by atoms with Crippen LogP contribution in [0, 0.1) is 0 Å². The van der Waals surface area contributed by atoms with Crippen molar-refractivity contribution in [3.8, 4) is 11.5 Å². The molecule has 0 spiro atoms. The van der Waals surface area contributed by atoms with Crippen LogP contribution >= 0.6 is 0 Å². The minimum Gasteiger partial charge on any atom is -0.326 e. The second-order valence-electron chi connectivity index (χ2n) is 4.78. The van der Waals surface area contributed by atoms with Gasteiger partial charge in [0, 0.05) is 18.7 Å². The molecule has 18 heavy (non-hydrogen) atoms. The summed E-state index contributed by atoms with van der Waals surface area (Å²) < 4.78 is 0. The largest absolute Gasteiger partial charge is 0.326 e. The van der Waals surface area contributed by atoms with Gasteiger partial charge < -0.3 is 5.73 Å². The molecule has 3 rings (SSSR count). The second kappa shape index (κ2) is 4.86. The third-order valence-corrected chi connectivity index (χ3v) is 3.53. The normalized spacial score (nSPS) is 16.3. The van der Waals surface area contributed by atoms with Crippen LogP contribution in [0.1, 0.15) is 43.0 Å². The highest BCUT2D eigenvalue weighted by Crippen LogP contribution is 2.32. The molecule has 5 heteroatoms. The predicted molar refractivity (Wildman–Crippen MR) is 68.7 cm³/mol. The lowest BCUT2D eigenvalue weighted by Crippen LogP contribution is -1.97. The Morgan fingerprint density at radius 1 is 1.28 bits per heavy atom. The Hall–Kier alpha value is -1.75. The van der Waals surface area contributed by atoms with Gasteiger partial charge in [-0.2, -0.15) is 5.10 Å². The predicted octanol–water partition coefficient (Wildman–Crippen LogP) is 1.98. The van der Waals surface area contributed by atoms with E-state index in [0.29, 0.717) is 18.3 Å². The number of H-pyrrole nitrogens is 1. The van der Waals surface area contributed by atoms with E-state index in [-0.39, 0.29) is 0 Å². The zero-order valence-corrected chi connectivity index (χ0v) is 10.3. The van der Waals surface area contributed by atoms with E-state index < -0.39 is 0 Å². The fourth-order valence-electron chi connectivity index (χ4n) is 2.45. The van der Waals surface area contributed by atoms with E-state index in [2.05, 4.69) is 20.2 Å². The van der Waals surface area contributed by atoms with Crippen molar-refractivity contribution in [1.29, 1.82) is 0 Å². The molecule has 0 radical (unpaired) electrons. The maximum atomic E-state index is 5.55. The minimum absolute atomic E-state index is 0.509. The van der Waals surface area contributed by atoms with Gasteiger partial charge in [0.2, 0.25) is 0 Å². The molecule has 0 aliphatic heterocycles. The van der Waals surface area contributed by atoms with Crippen molar-refractivity contribution >= 4 is 0 Å². The molecule has 0 atom stereocenters. The van der Waals surface area contributed by atoms with Crippen molar-refractivity contribution in [2.75, 3.05) is 0 Å². The highest BCUT2D eigenvalue weighted by molar-refractivity contribution is 5.48. The summed E-state index contributed by atoms with van der Waals surface area (Å²) in [5.41, 5.74) is 7.37. The van der Waals surface area contributed by atoms with Gasteiger partial charge >= 0.3 is 0 Å². The van der Waals surface area contributed by atoms with E-state index >= 15 is 0 Å². The molecule has 0 amide bonds. The lowest BCUT2D eigenvalue weighted by Gasteiger charge is -2.01.